The van der Waals surface area contributed by atoms with Crippen molar-refractivity contribution < 1.29 is 9.59 Å². The number of aromatic nitrogens is 4. The zero-order valence-corrected chi connectivity index (χ0v) is 16.5. The summed E-state index contributed by atoms with van der Waals surface area (Å²) in [4.78, 5) is 24.3. The maximum Gasteiger partial charge on any atom is 0.269 e. The molecule has 0 unspecified atom stereocenters. The molecule has 9 heteroatoms. The predicted molar refractivity (Wildman–Crippen MR) is 106 cm³/mol. The highest BCUT2D eigenvalue weighted by molar-refractivity contribution is 8.00. The van der Waals surface area contributed by atoms with E-state index in [0.717, 1.165) is 11.3 Å². The number of rotatable bonds is 5. The number of hydrogen-bond donors (Lipinski definition) is 2. The molecule has 0 bridgehead atoms. The molecule has 0 aliphatic carbocycles. The van der Waals surface area contributed by atoms with E-state index in [1.165, 1.54) is 17.3 Å². The highest BCUT2D eigenvalue weighted by atomic mass is 32.2. The van der Waals surface area contributed by atoms with Crippen LogP contribution in [0.5, 0.6) is 0 Å². The Hall–Kier alpha value is -3.20. The molecule has 1 atom stereocenters. The summed E-state index contributed by atoms with van der Waals surface area (Å²) < 4.78 is 1.59. The zero-order valence-electron chi connectivity index (χ0n) is 15.7. The second-order valence-electron chi connectivity index (χ2n) is 6.21. The number of benzene rings is 2. The van der Waals surface area contributed by atoms with Crippen LogP contribution in [0.25, 0.3) is 5.69 Å². The molecule has 28 heavy (non-hydrogen) atoms. The van der Waals surface area contributed by atoms with Crippen molar-refractivity contribution in [2.24, 2.45) is 0 Å². The summed E-state index contributed by atoms with van der Waals surface area (Å²) in [5.41, 5.74) is 8.42. The SMILES string of the molecule is Cc1ccc(-n2nnnc2S[C@@H](C)C(=O)NNC(=O)c2ccccc2)cc1C. The molecule has 8 nitrogen and oxygen atoms in total. The van der Waals surface area contributed by atoms with Gasteiger partial charge in [-0.15, -0.1) is 5.10 Å². The average Bonchev–Trinajstić information content (AvgIpc) is 3.16. The Bertz CT molecular complexity index is 989. The number of aryl methyl sites for hydroxylation is 2. The molecule has 144 valence electrons. The van der Waals surface area contributed by atoms with Gasteiger partial charge in [0.05, 0.1) is 10.9 Å². The van der Waals surface area contributed by atoms with Gasteiger partial charge < -0.3 is 0 Å². The van der Waals surface area contributed by atoms with Crippen LogP contribution in [0.2, 0.25) is 0 Å². The number of carbonyl (C=O) groups is 2. The Morgan fingerprint density at radius 2 is 1.79 bits per heavy atom. The average molecular weight is 396 g/mol. The summed E-state index contributed by atoms with van der Waals surface area (Å²) >= 11 is 1.20. The van der Waals surface area contributed by atoms with E-state index in [9.17, 15) is 9.59 Å². The first kappa shape index (κ1) is 19.6. The highest BCUT2D eigenvalue weighted by Crippen LogP contribution is 2.23. The van der Waals surface area contributed by atoms with Crippen molar-refractivity contribution in [1.82, 2.24) is 31.1 Å². The molecule has 2 aromatic carbocycles. The number of nitrogens with one attached hydrogen (secondary N) is 2. The van der Waals surface area contributed by atoms with Crippen LogP contribution in [0, 0.1) is 13.8 Å². The molecule has 0 aliphatic heterocycles. The Morgan fingerprint density at radius 3 is 2.50 bits per heavy atom. The summed E-state index contributed by atoms with van der Waals surface area (Å²) in [6.45, 7) is 5.76. The lowest BCUT2D eigenvalue weighted by molar-refractivity contribution is -0.121. The molecule has 0 spiro atoms. The van der Waals surface area contributed by atoms with Gasteiger partial charge in [-0.25, -0.2) is 0 Å². The van der Waals surface area contributed by atoms with E-state index in [0.29, 0.717) is 10.7 Å². The first-order valence-corrected chi connectivity index (χ1v) is 9.51. The van der Waals surface area contributed by atoms with Gasteiger partial charge >= 0.3 is 0 Å². The summed E-state index contributed by atoms with van der Waals surface area (Å²) in [5.74, 6) is -0.741. The van der Waals surface area contributed by atoms with Crippen LogP contribution in [-0.2, 0) is 4.79 Å². The smallest absolute Gasteiger partial charge is 0.269 e. The fraction of sp³-hybridized carbons (Fsp3) is 0.211. The normalized spacial score (nSPS) is 11.7. The van der Waals surface area contributed by atoms with E-state index in [4.69, 9.17) is 0 Å². The van der Waals surface area contributed by atoms with Crippen LogP contribution in [0.1, 0.15) is 28.4 Å². The van der Waals surface area contributed by atoms with Crippen molar-refractivity contribution in [2.75, 3.05) is 0 Å². The molecular weight excluding hydrogens is 376 g/mol. The molecule has 0 radical (unpaired) electrons. The molecule has 0 saturated carbocycles. The van der Waals surface area contributed by atoms with Crippen LogP contribution in [0.3, 0.4) is 0 Å². The van der Waals surface area contributed by atoms with Crippen molar-refractivity contribution in [1.29, 1.82) is 0 Å². The minimum Gasteiger partial charge on any atom is -0.272 e. The molecular formula is C19H20N6O2S. The summed E-state index contributed by atoms with van der Waals surface area (Å²) in [6, 6.07) is 14.6. The maximum absolute atomic E-state index is 12.3. The van der Waals surface area contributed by atoms with Crippen molar-refractivity contribution in [3.05, 3.63) is 65.2 Å². The van der Waals surface area contributed by atoms with Gasteiger partial charge in [-0.05, 0) is 66.6 Å². The van der Waals surface area contributed by atoms with Gasteiger partial charge in [0.15, 0.2) is 0 Å². The summed E-state index contributed by atoms with van der Waals surface area (Å²) in [7, 11) is 0. The maximum atomic E-state index is 12.3. The molecule has 3 rings (SSSR count). The predicted octanol–water partition coefficient (Wildman–Crippen LogP) is 2.22. The minimum absolute atomic E-state index is 0.357. The number of thioether (sulfide) groups is 1. The van der Waals surface area contributed by atoms with Gasteiger partial charge in [0.25, 0.3) is 11.8 Å². The van der Waals surface area contributed by atoms with Gasteiger partial charge in [0.1, 0.15) is 0 Å². The van der Waals surface area contributed by atoms with E-state index in [2.05, 4.69) is 26.4 Å². The largest absolute Gasteiger partial charge is 0.272 e. The van der Waals surface area contributed by atoms with Crippen LogP contribution in [0.4, 0.5) is 0 Å². The Labute approximate surface area is 166 Å². The molecule has 0 saturated heterocycles. The lowest BCUT2D eigenvalue weighted by Gasteiger charge is -2.13. The quantitative estimate of drug-likeness (QED) is 0.506. The second-order valence-corrected chi connectivity index (χ2v) is 7.52. The third kappa shape index (κ3) is 4.55. The number of tetrazole rings is 1. The van der Waals surface area contributed by atoms with Crippen LogP contribution < -0.4 is 10.9 Å². The first-order valence-electron chi connectivity index (χ1n) is 8.63. The third-order valence-corrected chi connectivity index (χ3v) is 5.20. The molecule has 0 fully saturated rings. The second kappa shape index (κ2) is 8.66. The van der Waals surface area contributed by atoms with E-state index < -0.39 is 5.25 Å². The van der Waals surface area contributed by atoms with E-state index >= 15 is 0 Å². The van der Waals surface area contributed by atoms with E-state index in [1.54, 1.807) is 35.9 Å². The highest BCUT2D eigenvalue weighted by Gasteiger charge is 2.20. The minimum atomic E-state index is -0.521. The van der Waals surface area contributed by atoms with Crippen molar-refractivity contribution in [2.45, 2.75) is 31.2 Å². The Balaban J connectivity index is 1.62. The van der Waals surface area contributed by atoms with Crippen LogP contribution >= 0.6 is 11.8 Å². The van der Waals surface area contributed by atoms with Crippen molar-refractivity contribution in [3.63, 3.8) is 0 Å². The number of nitrogens with zero attached hydrogens (tertiary/aromatic N) is 4. The van der Waals surface area contributed by atoms with Crippen molar-refractivity contribution >= 4 is 23.6 Å². The number of hydrazine groups is 1. The molecule has 2 N–H and O–H groups in total. The Kier molecular flexibility index (Phi) is 6.05. The lowest BCUT2D eigenvalue weighted by atomic mass is 10.1. The van der Waals surface area contributed by atoms with Gasteiger partial charge in [0.2, 0.25) is 5.16 Å². The Morgan fingerprint density at radius 1 is 1.04 bits per heavy atom. The summed E-state index contributed by atoms with van der Waals surface area (Å²) in [5, 5.41) is 11.7. The van der Waals surface area contributed by atoms with Gasteiger partial charge in [-0.1, -0.05) is 36.0 Å². The van der Waals surface area contributed by atoms with Crippen LogP contribution in [0.15, 0.2) is 53.7 Å². The van der Waals surface area contributed by atoms with Gasteiger partial charge in [-0.3, -0.25) is 20.4 Å². The molecule has 0 aliphatic rings. The van der Waals surface area contributed by atoms with Crippen LogP contribution in [-0.4, -0.2) is 37.3 Å². The fourth-order valence-electron chi connectivity index (χ4n) is 2.37. The van der Waals surface area contributed by atoms with Crippen molar-refractivity contribution in [3.8, 4) is 5.69 Å². The lowest BCUT2D eigenvalue weighted by Crippen LogP contribution is -2.44. The molecule has 2 amide bonds. The van der Waals surface area contributed by atoms with Gasteiger partial charge in [-0.2, -0.15) is 4.68 Å². The first-order chi connectivity index (χ1) is 13.5. The standard InChI is InChI=1S/C19H20N6O2S/c1-12-9-10-16(11-13(12)2)25-19(22-23-24-25)28-14(3)17(26)20-21-18(27)15-7-5-4-6-8-15/h4-11,14H,1-3H3,(H,20,26)(H,21,27)/t14-/m0/s1. The molecule has 1 heterocycles. The van der Waals surface area contributed by atoms with E-state index in [-0.39, 0.29) is 11.8 Å². The molecule has 1 aromatic heterocycles. The molecule has 3 aromatic rings. The topological polar surface area (TPSA) is 102 Å². The fourth-order valence-corrected chi connectivity index (χ4v) is 3.17. The number of amides is 2. The monoisotopic (exact) mass is 396 g/mol. The van der Waals surface area contributed by atoms with E-state index in [1.807, 2.05) is 38.1 Å². The number of hydrogen-bond acceptors (Lipinski definition) is 6. The third-order valence-electron chi connectivity index (χ3n) is 4.16. The van der Waals surface area contributed by atoms with Gasteiger partial charge in [0, 0.05) is 5.56 Å². The zero-order chi connectivity index (χ0) is 20.1. The number of carbonyl (C=O) groups excluding carboxylic acids is 2. The summed E-state index contributed by atoms with van der Waals surface area (Å²) in [6.07, 6.45) is 0.